The summed E-state index contributed by atoms with van der Waals surface area (Å²) in [6.07, 6.45) is -12.5. The molecule has 0 fully saturated rings. The van der Waals surface area contributed by atoms with Crippen molar-refractivity contribution in [3.8, 4) is 11.4 Å². The van der Waals surface area contributed by atoms with Crippen molar-refractivity contribution >= 4 is 16.9 Å². The van der Waals surface area contributed by atoms with Gasteiger partial charge in [-0.05, 0) is 35.9 Å². The van der Waals surface area contributed by atoms with Gasteiger partial charge in [-0.1, -0.05) is 36.4 Å². The Morgan fingerprint density at radius 1 is 0.949 bits per heavy atom. The normalized spacial score (nSPS) is 12.5. The predicted octanol–water partition coefficient (Wildman–Crippen LogP) is 5.00. The number of aromatic nitrogens is 2. The molecule has 0 aliphatic rings. The molecule has 0 aliphatic carbocycles. The summed E-state index contributed by atoms with van der Waals surface area (Å²) in [7, 11) is 1.33. The lowest BCUT2D eigenvalue weighted by Gasteiger charge is -2.33. The molecule has 1 aromatic heterocycles. The quantitative estimate of drug-likeness (QED) is 0.327. The van der Waals surface area contributed by atoms with Gasteiger partial charge in [-0.3, -0.25) is 9.36 Å². The fourth-order valence-corrected chi connectivity index (χ4v) is 4.10. The maximum absolute atomic E-state index is 13.6. The van der Waals surface area contributed by atoms with Crippen LogP contribution >= 0.6 is 0 Å². The summed E-state index contributed by atoms with van der Waals surface area (Å²) in [6, 6.07) is 13.7. The molecule has 0 atom stereocenters. The molecular weight excluding hydrogens is 534 g/mol. The lowest BCUT2D eigenvalue weighted by Crippen LogP contribution is -2.54. The number of halogens is 6. The number of hydrogen-bond acceptors (Lipinski definition) is 5. The second-order valence-corrected chi connectivity index (χ2v) is 8.46. The molecule has 4 rings (SSSR count). The van der Waals surface area contributed by atoms with E-state index in [0.29, 0.717) is 11.6 Å². The molecule has 2 N–H and O–H groups in total. The number of hydrogen-bond donors (Lipinski definition) is 2. The van der Waals surface area contributed by atoms with Gasteiger partial charge < -0.3 is 14.9 Å². The minimum atomic E-state index is -6.24. The van der Waals surface area contributed by atoms with Crippen molar-refractivity contribution in [3.05, 3.63) is 99.6 Å². The number of carbonyl (C=O) groups is 1. The molecule has 0 bridgehead atoms. The Labute approximate surface area is 215 Å². The summed E-state index contributed by atoms with van der Waals surface area (Å²) in [5, 5.41) is 19.5. The molecule has 7 nitrogen and oxygen atoms in total. The zero-order valence-corrected chi connectivity index (χ0v) is 19.8. The number of methoxy groups -OCH3 is 1. The third-order valence-corrected chi connectivity index (χ3v) is 6.06. The van der Waals surface area contributed by atoms with Crippen LogP contribution in [0.15, 0.2) is 71.5 Å². The van der Waals surface area contributed by atoms with E-state index < -0.39 is 46.3 Å². The maximum atomic E-state index is 13.6. The average molecular weight is 552 g/mol. The molecule has 0 saturated carbocycles. The third kappa shape index (κ3) is 4.80. The number of aliphatic hydroxyl groups is 1. The Morgan fingerprint density at radius 2 is 1.59 bits per heavy atom. The van der Waals surface area contributed by atoms with E-state index >= 15 is 0 Å². The Balaban J connectivity index is 2.05. The second kappa shape index (κ2) is 9.73. The largest absolute Gasteiger partial charge is 0.497 e. The predicted molar refractivity (Wildman–Crippen MR) is 126 cm³/mol. The molecule has 204 valence electrons. The van der Waals surface area contributed by atoms with Crippen molar-refractivity contribution < 1.29 is 46.1 Å². The zero-order valence-electron chi connectivity index (χ0n) is 19.8. The van der Waals surface area contributed by atoms with Crippen molar-refractivity contribution in [2.75, 3.05) is 7.11 Å². The van der Waals surface area contributed by atoms with Crippen molar-refractivity contribution in [2.24, 2.45) is 0 Å². The molecule has 3 aromatic carbocycles. The highest BCUT2D eigenvalue weighted by Crippen LogP contribution is 2.50. The maximum Gasteiger partial charge on any atom is 0.430 e. The van der Waals surface area contributed by atoms with Gasteiger partial charge in [0, 0.05) is 12.0 Å². The van der Waals surface area contributed by atoms with Gasteiger partial charge in [0.05, 0.1) is 29.3 Å². The number of benzene rings is 3. The van der Waals surface area contributed by atoms with Crippen LogP contribution in [0.2, 0.25) is 0 Å². The van der Waals surface area contributed by atoms with Gasteiger partial charge in [0.2, 0.25) is 0 Å². The molecular formula is C26H18F6N2O5. The van der Waals surface area contributed by atoms with E-state index in [-0.39, 0.29) is 41.0 Å². The third-order valence-electron chi connectivity index (χ3n) is 6.06. The van der Waals surface area contributed by atoms with E-state index in [2.05, 4.69) is 4.98 Å². The number of nitrogens with zero attached hydrogens (tertiary/aromatic N) is 2. The second-order valence-electron chi connectivity index (χ2n) is 8.46. The smallest absolute Gasteiger partial charge is 0.430 e. The molecule has 0 saturated heterocycles. The number of alkyl halides is 6. The number of fused-ring (bicyclic) bond motifs is 1. The molecule has 0 unspecified atom stereocenters. The fraction of sp³-hybridized carbons (Fsp3) is 0.192. The van der Waals surface area contributed by atoms with Gasteiger partial charge in [0.15, 0.2) is 0 Å². The lowest BCUT2D eigenvalue weighted by atomic mass is 9.90. The summed E-state index contributed by atoms with van der Waals surface area (Å²) in [4.78, 5) is 30.2. The first-order valence-electron chi connectivity index (χ1n) is 11.1. The van der Waals surface area contributed by atoms with Gasteiger partial charge in [-0.2, -0.15) is 26.3 Å². The Kier molecular flexibility index (Phi) is 6.90. The van der Waals surface area contributed by atoms with Crippen LogP contribution in [0.5, 0.6) is 5.75 Å². The van der Waals surface area contributed by atoms with Gasteiger partial charge in [-0.15, -0.1) is 0 Å². The minimum absolute atomic E-state index is 0.0407. The highest BCUT2D eigenvalue weighted by atomic mass is 19.4. The summed E-state index contributed by atoms with van der Waals surface area (Å²) < 4.78 is 86.7. The zero-order chi connectivity index (χ0) is 28.8. The first kappa shape index (κ1) is 27.6. The molecule has 0 amide bonds. The Bertz CT molecular complexity index is 1600. The van der Waals surface area contributed by atoms with E-state index in [0.717, 1.165) is 4.57 Å². The average Bonchev–Trinajstić information content (AvgIpc) is 2.87. The molecule has 39 heavy (non-hydrogen) atoms. The molecule has 0 radical (unpaired) electrons. The van der Waals surface area contributed by atoms with E-state index in [9.17, 15) is 46.1 Å². The van der Waals surface area contributed by atoms with Crippen molar-refractivity contribution in [1.82, 2.24) is 9.55 Å². The van der Waals surface area contributed by atoms with Crippen LogP contribution < -0.4 is 10.3 Å². The van der Waals surface area contributed by atoms with Gasteiger partial charge in [0.25, 0.3) is 11.2 Å². The summed E-state index contributed by atoms with van der Waals surface area (Å²) in [5.41, 5.74) is -8.82. The highest BCUT2D eigenvalue weighted by Gasteiger charge is 2.71. The monoisotopic (exact) mass is 552 g/mol. The number of ether oxygens (including phenoxy) is 1. The lowest BCUT2D eigenvalue weighted by molar-refractivity contribution is -0.376. The van der Waals surface area contributed by atoms with Crippen molar-refractivity contribution in [2.45, 2.75) is 24.4 Å². The number of carboxylic acids is 1. The molecule has 0 spiro atoms. The van der Waals surface area contributed by atoms with Crippen LogP contribution in [0, 0.1) is 0 Å². The summed E-state index contributed by atoms with van der Waals surface area (Å²) >= 11 is 0. The topological polar surface area (TPSA) is 102 Å². The van der Waals surface area contributed by atoms with Gasteiger partial charge in [-0.25, -0.2) is 9.78 Å². The summed E-state index contributed by atoms with van der Waals surface area (Å²) in [6.45, 7) is 0. The molecule has 1 heterocycles. The van der Waals surface area contributed by atoms with Crippen LogP contribution in [0.3, 0.4) is 0 Å². The van der Waals surface area contributed by atoms with Gasteiger partial charge in [0.1, 0.15) is 11.6 Å². The number of aromatic carboxylic acids is 1. The Hall–Kier alpha value is -4.39. The van der Waals surface area contributed by atoms with Crippen LogP contribution in [-0.2, 0) is 12.0 Å². The van der Waals surface area contributed by atoms with E-state index in [1.807, 2.05) is 0 Å². The van der Waals surface area contributed by atoms with E-state index in [1.54, 1.807) is 30.3 Å². The van der Waals surface area contributed by atoms with E-state index in [1.165, 1.54) is 25.3 Å². The summed E-state index contributed by atoms with van der Waals surface area (Å²) in [5.74, 6) is -1.74. The first-order valence-corrected chi connectivity index (χ1v) is 11.1. The fourth-order valence-electron chi connectivity index (χ4n) is 4.10. The van der Waals surface area contributed by atoms with Crippen LogP contribution in [-0.4, -0.2) is 45.2 Å². The van der Waals surface area contributed by atoms with Crippen molar-refractivity contribution in [3.63, 3.8) is 0 Å². The number of carboxylic acid groups (broad SMARTS) is 1. The van der Waals surface area contributed by atoms with Gasteiger partial charge >= 0.3 is 18.3 Å². The molecule has 4 aromatic rings. The minimum Gasteiger partial charge on any atom is -0.497 e. The van der Waals surface area contributed by atoms with Crippen LogP contribution in [0.4, 0.5) is 26.3 Å². The molecule has 13 heteroatoms. The van der Waals surface area contributed by atoms with Crippen molar-refractivity contribution in [1.29, 1.82) is 0 Å². The van der Waals surface area contributed by atoms with E-state index in [4.69, 9.17) is 4.74 Å². The molecule has 0 aliphatic heterocycles. The number of rotatable bonds is 6. The standard InChI is InChI=1S/C26H18F6N2O5/c1-39-16-8-9-19-17(13-16)22(35)34(21(33-19)11-14-5-3-2-4-6-14)20-10-7-15(12-18(20)23(36)37)24(38,25(27,28)29)26(30,31)32/h2-10,12-13,38H,11H2,1H3,(H,36,37). The van der Waals surface area contributed by atoms with Crippen LogP contribution in [0.25, 0.3) is 16.6 Å². The Morgan fingerprint density at radius 3 is 2.15 bits per heavy atom. The SMILES string of the molecule is COc1ccc2nc(Cc3ccccc3)n(-c3ccc(C(O)(C(F)(F)F)C(F)(F)F)cc3C(=O)O)c(=O)c2c1. The first-order chi connectivity index (χ1) is 18.2. The van der Waals surface area contributed by atoms with Crippen LogP contribution in [0.1, 0.15) is 27.3 Å². The highest BCUT2D eigenvalue weighted by molar-refractivity contribution is 5.92.